The molecule has 1 aromatic heterocycles. The van der Waals surface area contributed by atoms with Crippen molar-refractivity contribution in [3.63, 3.8) is 0 Å². The Balaban J connectivity index is 1.52. The number of carbonyl (C=O) groups is 2. The van der Waals surface area contributed by atoms with Gasteiger partial charge in [0.15, 0.2) is 0 Å². The lowest BCUT2D eigenvalue weighted by Gasteiger charge is -2.20. The number of nitrogens with one attached hydrogen (secondary N) is 1. The van der Waals surface area contributed by atoms with Gasteiger partial charge < -0.3 is 10.2 Å². The molecule has 29 heavy (non-hydrogen) atoms. The molecule has 0 saturated heterocycles. The zero-order chi connectivity index (χ0) is 20.6. The number of amides is 2. The number of benzene rings is 2. The Bertz CT molecular complexity index is 959. The molecule has 0 aliphatic heterocycles. The fourth-order valence-corrected chi connectivity index (χ4v) is 2.64. The fraction of sp³-hybridized carbons (Fsp3) is 0.250. The summed E-state index contributed by atoms with van der Waals surface area (Å²) < 4.78 is 12.9. The van der Waals surface area contributed by atoms with Crippen molar-refractivity contribution in [2.75, 3.05) is 13.1 Å². The molecular formula is C20H21FN6O2. The molecule has 3 rings (SSSR count). The van der Waals surface area contributed by atoms with Crippen LogP contribution in [-0.4, -0.2) is 50.0 Å². The molecule has 3 aromatic rings. The average molecular weight is 396 g/mol. The summed E-state index contributed by atoms with van der Waals surface area (Å²) in [5.41, 5.74) is 1.58. The Hall–Kier alpha value is -3.62. The summed E-state index contributed by atoms with van der Waals surface area (Å²) in [5, 5.41) is 14.8. The van der Waals surface area contributed by atoms with Crippen LogP contribution in [0.1, 0.15) is 12.5 Å². The predicted octanol–water partition coefficient (Wildman–Crippen LogP) is 1.64. The van der Waals surface area contributed by atoms with Crippen molar-refractivity contribution in [2.24, 2.45) is 0 Å². The lowest BCUT2D eigenvalue weighted by molar-refractivity contribution is -0.136. The van der Waals surface area contributed by atoms with Crippen LogP contribution in [0.5, 0.6) is 0 Å². The lowest BCUT2D eigenvalue weighted by atomic mass is 10.2. The number of tetrazole rings is 1. The highest BCUT2D eigenvalue weighted by Gasteiger charge is 2.17. The fourth-order valence-electron chi connectivity index (χ4n) is 2.64. The number of nitrogens with zero attached hydrogens (tertiary/aromatic N) is 5. The Morgan fingerprint density at radius 1 is 1.10 bits per heavy atom. The molecule has 0 unspecified atom stereocenters. The van der Waals surface area contributed by atoms with Crippen LogP contribution in [0, 0.1) is 5.82 Å². The molecule has 0 radical (unpaired) electrons. The maximum atomic E-state index is 12.9. The summed E-state index contributed by atoms with van der Waals surface area (Å²) in [7, 11) is 0. The zero-order valence-corrected chi connectivity index (χ0v) is 16.0. The number of rotatable bonds is 8. The minimum Gasteiger partial charge on any atom is -0.350 e. The van der Waals surface area contributed by atoms with E-state index in [1.165, 1.54) is 21.8 Å². The van der Waals surface area contributed by atoms with Crippen molar-refractivity contribution in [3.05, 3.63) is 66.0 Å². The lowest BCUT2D eigenvalue weighted by Crippen LogP contribution is -2.42. The Morgan fingerprint density at radius 3 is 2.52 bits per heavy atom. The topological polar surface area (TPSA) is 93.0 Å². The molecule has 9 heteroatoms. The van der Waals surface area contributed by atoms with Gasteiger partial charge in [-0.2, -0.15) is 4.80 Å². The molecule has 0 spiro atoms. The molecule has 0 aliphatic carbocycles. The minimum atomic E-state index is -0.333. The highest BCUT2D eigenvalue weighted by atomic mass is 19.1. The molecule has 8 nitrogen and oxygen atoms in total. The monoisotopic (exact) mass is 396 g/mol. The smallest absolute Gasteiger partial charge is 0.246 e. The van der Waals surface area contributed by atoms with Crippen LogP contribution < -0.4 is 5.32 Å². The minimum absolute atomic E-state index is 0.0865. The van der Waals surface area contributed by atoms with Gasteiger partial charge in [0, 0.05) is 18.7 Å². The van der Waals surface area contributed by atoms with E-state index in [0.29, 0.717) is 12.4 Å². The molecule has 2 amide bonds. The highest BCUT2D eigenvalue weighted by molar-refractivity contribution is 5.84. The van der Waals surface area contributed by atoms with E-state index in [1.807, 2.05) is 30.3 Å². The number of hydrogen-bond donors (Lipinski definition) is 1. The van der Waals surface area contributed by atoms with E-state index < -0.39 is 0 Å². The number of halogens is 1. The van der Waals surface area contributed by atoms with Gasteiger partial charge in [0.1, 0.15) is 12.4 Å². The van der Waals surface area contributed by atoms with E-state index in [2.05, 4.69) is 20.7 Å². The van der Waals surface area contributed by atoms with Crippen LogP contribution in [0.3, 0.4) is 0 Å². The molecule has 1 heterocycles. The van der Waals surface area contributed by atoms with Gasteiger partial charge in [0.2, 0.25) is 17.6 Å². The van der Waals surface area contributed by atoms with Gasteiger partial charge in [-0.25, -0.2) is 4.39 Å². The van der Waals surface area contributed by atoms with Crippen molar-refractivity contribution < 1.29 is 14.0 Å². The second-order valence-electron chi connectivity index (χ2n) is 6.32. The molecule has 2 aromatic carbocycles. The second kappa shape index (κ2) is 9.54. The maximum Gasteiger partial charge on any atom is 0.246 e. The van der Waals surface area contributed by atoms with E-state index >= 15 is 0 Å². The van der Waals surface area contributed by atoms with Gasteiger partial charge in [0.25, 0.3) is 0 Å². The Morgan fingerprint density at radius 2 is 1.83 bits per heavy atom. The molecule has 1 N–H and O–H groups in total. The molecular weight excluding hydrogens is 375 g/mol. The van der Waals surface area contributed by atoms with Gasteiger partial charge in [-0.05, 0) is 29.8 Å². The second-order valence-corrected chi connectivity index (χ2v) is 6.32. The molecule has 0 aliphatic rings. The summed E-state index contributed by atoms with van der Waals surface area (Å²) in [5.74, 6) is -0.499. The van der Waals surface area contributed by atoms with Gasteiger partial charge in [0.05, 0.1) is 6.54 Å². The van der Waals surface area contributed by atoms with Crippen LogP contribution >= 0.6 is 0 Å². The van der Waals surface area contributed by atoms with Crippen LogP contribution in [-0.2, 0) is 22.7 Å². The molecule has 0 saturated carbocycles. The van der Waals surface area contributed by atoms with Crippen molar-refractivity contribution >= 4 is 11.8 Å². The van der Waals surface area contributed by atoms with Crippen molar-refractivity contribution in [2.45, 2.75) is 20.0 Å². The van der Waals surface area contributed by atoms with Crippen LogP contribution in [0.15, 0.2) is 54.6 Å². The highest BCUT2D eigenvalue weighted by Crippen LogP contribution is 2.11. The number of carbonyl (C=O) groups excluding carboxylic acids is 2. The first-order valence-electron chi connectivity index (χ1n) is 9.17. The molecule has 0 bridgehead atoms. The summed E-state index contributed by atoms with van der Waals surface area (Å²) >= 11 is 0. The first-order valence-corrected chi connectivity index (χ1v) is 9.17. The van der Waals surface area contributed by atoms with Crippen molar-refractivity contribution in [1.29, 1.82) is 0 Å². The quantitative estimate of drug-likeness (QED) is 0.625. The summed E-state index contributed by atoms with van der Waals surface area (Å²) in [6.45, 7) is 2.21. The summed E-state index contributed by atoms with van der Waals surface area (Å²) in [6.07, 6.45) is 0. The maximum absolute atomic E-state index is 12.9. The summed E-state index contributed by atoms with van der Waals surface area (Å²) in [6, 6.07) is 15.2. The SMILES string of the molecule is CCN(CC(=O)NCc1ccc(F)cc1)C(=O)Cn1nnc(-c2ccccc2)n1. The van der Waals surface area contributed by atoms with E-state index in [-0.39, 0.29) is 37.3 Å². The Labute approximate surface area is 167 Å². The van der Waals surface area contributed by atoms with Crippen LogP contribution in [0.4, 0.5) is 4.39 Å². The Kier molecular flexibility index (Phi) is 6.62. The van der Waals surface area contributed by atoms with Gasteiger partial charge in [-0.1, -0.05) is 42.5 Å². The van der Waals surface area contributed by atoms with Crippen LogP contribution in [0.25, 0.3) is 11.4 Å². The molecule has 0 atom stereocenters. The number of hydrogen-bond acceptors (Lipinski definition) is 5. The first-order chi connectivity index (χ1) is 14.0. The number of likely N-dealkylation sites (N-methyl/N-ethyl adjacent to an activating group) is 1. The van der Waals surface area contributed by atoms with Gasteiger partial charge in [-0.3, -0.25) is 9.59 Å². The van der Waals surface area contributed by atoms with Gasteiger partial charge in [-0.15, -0.1) is 10.2 Å². The third-order valence-electron chi connectivity index (χ3n) is 4.23. The molecule has 0 fully saturated rings. The summed E-state index contributed by atoms with van der Waals surface area (Å²) in [4.78, 5) is 27.3. The first kappa shape index (κ1) is 20.1. The van der Waals surface area contributed by atoms with Gasteiger partial charge >= 0.3 is 0 Å². The normalized spacial score (nSPS) is 10.6. The molecule has 150 valence electrons. The van der Waals surface area contributed by atoms with E-state index in [1.54, 1.807) is 19.1 Å². The van der Waals surface area contributed by atoms with E-state index in [9.17, 15) is 14.0 Å². The van der Waals surface area contributed by atoms with E-state index in [4.69, 9.17) is 0 Å². The van der Waals surface area contributed by atoms with Crippen molar-refractivity contribution in [1.82, 2.24) is 30.4 Å². The number of aromatic nitrogens is 4. The van der Waals surface area contributed by atoms with Crippen molar-refractivity contribution in [3.8, 4) is 11.4 Å². The van der Waals surface area contributed by atoms with Crippen LogP contribution in [0.2, 0.25) is 0 Å². The average Bonchev–Trinajstić information content (AvgIpc) is 3.20. The predicted molar refractivity (Wildman–Crippen MR) is 104 cm³/mol. The third kappa shape index (κ3) is 5.68. The van der Waals surface area contributed by atoms with E-state index in [0.717, 1.165) is 11.1 Å². The zero-order valence-electron chi connectivity index (χ0n) is 16.0. The standard InChI is InChI=1S/C20H21FN6O2/c1-2-26(13-18(28)22-12-15-8-10-17(21)11-9-15)19(29)14-27-24-20(23-25-27)16-6-4-3-5-7-16/h3-11H,2,12-14H2,1H3,(H,22,28). The third-order valence-corrected chi connectivity index (χ3v) is 4.23. The largest absolute Gasteiger partial charge is 0.350 e.